The number of carboxylic acid groups (broad SMARTS) is 1. The van der Waals surface area contributed by atoms with Gasteiger partial charge < -0.3 is 15.9 Å². The molecular formula is C28H56N2O4. The summed E-state index contributed by atoms with van der Waals surface area (Å²) in [7, 11) is 1.60. The van der Waals surface area contributed by atoms with Crippen molar-refractivity contribution in [2.75, 3.05) is 7.05 Å². The summed E-state index contributed by atoms with van der Waals surface area (Å²) < 4.78 is 0. The van der Waals surface area contributed by atoms with Gasteiger partial charge in [0.25, 0.3) is 0 Å². The first-order valence-corrected chi connectivity index (χ1v) is 14.3. The van der Waals surface area contributed by atoms with E-state index in [0.717, 1.165) is 12.8 Å². The van der Waals surface area contributed by atoms with E-state index in [1.54, 1.807) is 7.05 Å². The molecule has 34 heavy (non-hydrogen) atoms. The standard InChI is InChI=1S/C28H56N2O4/c1-3-4-5-6-7-8-9-10-11-12-13-14-15-16-17-18-19-20-21-22-27(32)30(2)25(28(33)34)23-24-26(29)31/h25,27,32H,3-24H2,1-2H3,(H2,29,31)(H,33,34)/t25-,27?/m1/s1. The SMILES string of the molecule is CCCCCCCCCCCCCCCCCCCCCC(O)N(C)[C@H](CCC(N)=O)C(=O)O. The van der Waals surface area contributed by atoms with E-state index >= 15 is 0 Å². The highest BCUT2D eigenvalue weighted by molar-refractivity contribution is 5.77. The van der Waals surface area contributed by atoms with Crippen LogP contribution in [0.1, 0.15) is 148 Å². The van der Waals surface area contributed by atoms with Crippen molar-refractivity contribution in [1.82, 2.24) is 4.90 Å². The van der Waals surface area contributed by atoms with Gasteiger partial charge in [-0.15, -0.1) is 0 Å². The Morgan fingerprint density at radius 3 is 1.35 bits per heavy atom. The lowest BCUT2D eigenvalue weighted by atomic mass is 10.0. The van der Waals surface area contributed by atoms with Gasteiger partial charge in [-0.3, -0.25) is 14.5 Å². The van der Waals surface area contributed by atoms with Gasteiger partial charge in [-0.1, -0.05) is 122 Å². The number of aliphatic hydroxyl groups is 1. The van der Waals surface area contributed by atoms with Gasteiger partial charge in [0.1, 0.15) is 12.3 Å². The van der Waals surface area contributed by atoms with Crippen molar-refractivity contribution in [2.45, 2.75) is 160 Å². The van der Waals surface area contributed by atoms with Crippen molar-refractivity contribution < 1.29 is 19.8 Å². The molecule has 1 amide bonds. The Labute approximate surface area is 210 Å². The molecule has 6 nitrogen and oxygen atoms in total. The summed E-state index contributed by atoms with van der Waals surface area (Å²) in [5, 5.41) is 19.6. The van der Waals surface area contributed by atoms with Crippen LogP contribution in [0.2, 0.25) is 0 Å². The number of nitrogens with two attached hydrogens (primary N) is 1. The molecule has 0 bridgehead atoms. The number of aliphatic hydroxyl groups excluding tert-OH is 1. The Morgan fingerprint density at radius 2 is 1.03 bits per heavy atom. The van der Waals surface area contributed by atoms with Gasteiger partial charge >= 0.3 is 5.97 Å². The molecule has 0 heterocycles. The average Bonchev–Trinajstić information content (AvgIpc) is 2.80. The lowest BCUT2D eigenvalue weighted by Gasteiger charge is -2.29. The summed E-state index contributed by atoms with van der Waals surface area (Å²) in [5.41, 5.74) is 5.12. The molecular weight excluding hydrogens is 428 g/mol. The van der Waals surface area contributed by atoms with Crippen LogP contribution < -0.4 is 5.73 Å². The highest BCUT2D eigenvalue weighted by atomic mass is 16.4. The molecule has 4 N–H and O–H groups in total. The van der Waals surface area contributed by atoms with E-state index < -0.39 is 24.1 Å². The van der Waals surface area contributed by atoms with Crippen molar-refractivity contribution >= 4 is 11.9 Å². The Bertz CT molecular complexity index is 487. The van der Waals surface area contributed by atoms with Crippen LogP contribution in [0.4, 0.5) is 0 Å². The van der Waals surface area contributed by atoms with Crippen molar-refractivity contribution in [2.24, 2.45) is 5.73 Å². The van der Waals surface area contributed by atoms with Gasteiger partial charge in [-0.2, -0.15) is 0 Å². The molecule has 0 radical (unpaired) electrons. The second-order valence-electron chi connectivity index (χ2n) is 10.2. The first-order valence-electron chi connectivity index (χ1n) is 14.3. The molecule has 0 aromatic carbocycles. The van der Waals surface area contributed by atoms with Crippen LogP contribution in [0.25, 0.3) is 0 Å². The molecule has 0 saturated heterocycles. The van der Waals surface area contributed by atoms with Gasteiger partial charge in [0, 0.05) is 6.42 Å². The van der Waals surface area contributed by atoms with Crippen molar-refractivity contribution in [3.8, 4) is 0 Å². The Morgan fingerprint density at radius 1 is 0.676 bits per heavy atom. The minimum atomic E-state index is -1.03. The predicted molar refractivity (Wildman–Crippen MR) is 142 cm³/mol. The zero-order chi connectivity index (χ0) is 25.4. The molecule has 0 spiro atoms. The lowest BCUT2D eigenvalue weighted by Crippen LogP contribution is -2.45. The Balaban J connectivity index is 3.48. The van der Waals surface area contributed by atoms with Crippen molar-refractivity contribution in [1.29, 1.82) is 0 Å². The van der Waals surface area contributed by atoms with Gasteiger partial charge in [0.15, 0.2) is 0 Å². The van der Waals surface area contributed by atoms with E-state index in [0.29, 0.717) is 6.42 Å². The van der Waals surface area contributed by atoms with Crippen LogP contribution in [-0.4, -0.2) is 46.3 Å². The first kappa shape index (κ1) is 32.9. The second-order valence-corrected chi connectivity index (χ2v) is 10.2. The zero-order valence-electron chi connectivity index (χ0n) is 22.4. The molecule has 202 valence electrons. The second kappa shape index (κ2) is 23.6. The van der Waals surface area contributed by atoms with Gasteiger partial charge in [-0.25, -0.2) is 0 Å². The summed E-state index contributed by atoms with van der Waals surface area (Å²) >= 11 is 0. The fraction of sp³-hybridized carbons (Fsp3) is 0.929. The van der Waals surface area contributed by atoms with Gasteiger partial charge in [0.2, 0.25) is 5.91 Å². The minimum Gasteiger partial charge on any atom is -0.480 e. The average molecular weight is 485 g/mol. The quantitative estimate of drug-likeness (QED) is 0.0927. The maximum atomic E-state index is 11.4. The molecule has 0 aliphatic rings. The van der Waals surface area contributed by atoms with E-state index in [2.05, 4.69) is 6.92 Å². The summed E-state index contributed by atoms with van der Waals surface area (Å²) in [6, 6.07) is -0.886. The third-order valence-electron chi connectivity index (χ3n) is 6.98. The summed E-state index contributed by atoms with van der Waals surface area (Å²) in [4.78, 5) is 23.8. The third-order valence-corrected chi connectivity index (χ3v) is 6.98. The molecule has 0 saturated carbocycles. The number of hydrogen-bond acceptors (Lipinski definition) is 4. The summed E-state index contributed by atoms with van der Waals surface area (Å²) in [6.07, 6.45) is 25.0. The highest BCUT2D eigenvalue weighted by Crippen LogP contribution is 2.16. The van der Waals surface area contributed by atoms with Gasteiger partial charge in [-0.05, 0) is 26.3 Å². The predicted octanol–water partition coefficient (Wildman–Crippen LogP) is 6.78. The highest BCUT2D eigenvalue weighted by Gasteiger charge is 2.27. The van der Waals surface area contributed by atoms with Crippen molar-refractivity contribution in [3.05, 3.63) is 0 Å². The number of hydrogen-bond donors (Lipinski definition) is 3. The van der Waals surface area contributed by atoms with E-state index in [4.69, 9.17) is 5.73 Å². The van der Waals surface area contributed by atoms with E-state index in [1.807, 2.05) is 0 Å². The molecule has 0 fully saturated rings. The number of aliphatic carboxylic acids is 1. The number of amides is 1. The van der Waals surface area contributed by atoms with Crippen LogP contribution in [0.15, 0.2) is 0 Å². The number of primary amides is 1. The fourth-order valence-electron chi connectivity index (χ4n) is 4.60. The molecule has 0 aliphatic carbocycles. The normalized spacial score (nSPS) is 13.3. The third kappa shape index (κ3) is 20.3. The molecule has 0 aromatic heterocycles. The number of likely N-dealkylation sites (N-methyl/N-ethyl adjacent to an activating group) is 1. The molecule has 0 aromatic rings. The van der Waals surface area contributed by atoms with E-state index in [9.17, 15) is 19.8 Å². The molecule has 1 unspecified atom stereocenters. The Hall–Kier alpha value is -1.14. The van der Waals surface area contributed by atoms with Crippen LogP contribution in [0.3, 0.4) is 0 Å². The van der Waals surface area contributed by atoms with Gasteiger partial charge in [0.05, 0.1) is 0 Å². The zero-order valence-corrected chi connectivity index (χ0v) is 22.4. The van der Waals surface area contributed by atoms with Crippen LogP contribution in [-0.2, 0) is 9.59 Å². The summed E-state index contributed by atoms with van der Waals surface area (Å²) in [6.45, 7) is 2.27. The van der Waals surface area contributed by atoms with E-state index in [1.165, 1.54) is 114 Å². The Kier molecular flexibility index (Phi) is 22.8. The molecule has 6 heteroatoms. The number of unbranched alkanes of at least 4 members (excludes halogenated alkanes) is 18. The lowest BCUT2D eigenvalue weighted by molar-refractivity contribution is -0.148. The topological polar surface area (TPSA) is 104 Å². The largest absolute Gasteiger partial charge is 0.480 e. The van der Waals surface area contributed by atoms with Crippen molar-refractivity contribution in [3.63, 3.8) is 0 Å². The monoisotopic (exact) mass is 484 g/mol. The van der Waals surface area contributed by atoms with Crippen LogP contribution in [0.5, 0.6) is 0 Å². The molecule has 0 aliphatic heterocycles. The number of carbonyl (C=O) groups excluding carboxylic acids is 1. The maximum absolute atomic E-state index is 11.4. The molecule has 0 rings (SSSR count). The maximum Gasteiger partial charge on any atom is 0.321 e. The van der Waals surface area contributed by atoms with E-state index in [-0.39, 0.29) is 12.8 Å². The molecule has 2 atom stereocenters. The minimum absolute atomic E-state index is 0.00722. The van der Waals surface area contributed by atoms with Crippen LogP contribution in [0, 0.1) is 0 Å². The fourth-order valence-corrected chi connectivity index (χ4v) is 4.60. The number of carbonyl (C=O) groups is 2. The van der Waals surface area contributed by atoms with Crippen LogP contribution >= 0.6 is 0 Å². The summed E-state index contributed by atoms with van der Waals surface area (Å²) in [5.74, 6) is -1.55. The number of rotatable bonds is 26. The number of nitrogens with zero attached hydrogens (tertiary/aromatic N) is 1. The smallest absolute Gasteiger partial charge is 0.321 e. The number of carboxylic acids is 1. The first-order chi connectivity index (χ1) is 16.4.